The Kier molecular flexibility index (Phi) is 3.91. The second kappa shape index (κ2) is 4.82. The SMILES string of the molecule is CC(C)(C)OC(=O)C(O)CC1CCC(=O)N1. The Labute approximate surface area is 95.2 Å². The predicted octanol–water partition coefficient (Wildman–Crippen LogP) is 0.358. The lowest BCUT2D eigenvalue weighted by molar-refractivity contribution is -0.165. The van der Waals surface area contributed by atoms with Crippen LogP contribution in [-0.2, 0) is 14.3 Å². The number of carbonyl (C=O) groups excluding carboxylic acids is 2. The van der Waals surface area contributed by atoms with Crippen LogP contribution in [0.25, 0.3) is 0 Å². The zero-order valence-corrected chi connectivity index (χ0v) is 9.95. The fourth-order valence-corrected chi connectivity index (χ4v) is 1.59. The van der Waals surface area contributed by atoms with Crippen LogP contribution in [-0.4, -0.2) is 34.7 Å². The van der Waals surface area contributed by atoms with Crippen molar-refractivity contribution in [2.75, 3.05) is 0 Å². The number of rotatable bonds is 3. The molecule has 2 atom stereocenters. The van der Waals surface area contributed by atoms with E-state index in [1.54, 1.807) is 20.8 Å². The van der Waals surface area contributed by atoms with Gasteiger partial charge in [-0.05, 0) is 27.2 Å². The molecule has 1 aliphatic heterocycles. The summed E-state index contributed by atoms with van der Waals surface area (Å²) in [5.41, 5.74) is -0.600. The summed E-state index contributed by atoms with van der Waals surface area (Å²) < 4.78 is 5.03. The van der Waals surface area contributed by atoms with E-state index in [-0.39, 0.29) is 18.4 Å². The molecule has 0 spiro atoms. The van der Waals surface area contributed by atoms with Crippen LogP contribution < -0.4 is 5.32 Å². The number of aliphatic hydroxyl groups excluding tert-OH is 1. The van der Waals surface area contributed by atoms with Gasteiger partial charge in [-0.2, -0.15) is 0 Å². The molecule has 1 aliphatic rings. The van der Waals surface area contributed by atoms with Crippen LogP contribution in [0.15, 0.2) is 0 Å². The highest BCUT2D eigenvalue weighted by molar-refractivity contribution is 5.79. The van der Waals surface area contributed by atoms with Crippen molar-refractivity contribution in [3.63, 3.8) is 0 Å². The summed E-state index contributed by atoms with van der Waals surface area (Å²) in [6.07, 6.45) is 0.188. The lowest BCUT2D eigenvalue weighted by atomic mass is 10.1. The molecule has 0 radical (unpaired) electrons. The Hall–Kier alpha value is -1.10. The average Bonchev–Trinajstić information content (AvgIpc) is 2.48. The third kappa shape index (κ3) is 4.18. The standard InChI is InChI=1S/C11H19NO4/c1-11(2,3)16-10(15)8(13)6-7-4-5-9(14)12-7/h7-8,13H,4-6H2,1-3H3,(H,12,14). The molecule has 2 unspecified atom stereocenters. The molecular formula is C11H19NO4. The van der Waals surface area contributed by atoms with Gasteiger partial charge in [0.1, 0.15) is 5.60 Å². The van der Waals surface area contributed by atoms with Crippen LogP contribution in [0.1, 0.15) is 40.0 Å². The van der Waals surface area contributed by atoms with Crippen LogP contribution in [0.4, 0.5) is 0 Å². The third-order valence-corrected chi connectivity index (χ3v) is 2.27. The van der Waals surface area contributed by atoms with Gasteiger partial charge in [-0.1, -0.05) is 0 Å². The Morgan fingerprint density at radius 2 is 2.25 bits per heavy atom. The van der Waals surface area contributed by atoms with Gasteiger partial charge in [-0.25, -0.2) is 4.79 Å². The summed E-state index contributed by atoms with van der Waals surface area (Å²) in [5.74, 6) is -0.657. The van der Waals surface area contributed by atoms with Gasteiger partial charge in [-0.15, -0.1) is 0 Å². The molecule has 1 rings (SSSR count). The molecule has 1 fully saturated rings. The van der Waals surface area contributed by atoms with Crippen LogP contribution in [0.5, 0.6) is 0 Å². The van der Waals surface area contributed by atoms with Gasteiger partial charge in [0.15, 0.2) is 6.10 Å². The predicted molar refractivity (Wildman–Crippen MR) is 57.6 cm³/mol. The van der Waals surface area contributed by atoms with Crippen molar-refractivity contribution >= 4 is 11.9 Å². The molecule has 5 heteroatoms. The molecule has 0 bridgehead atoms. The van der Waals surface area contributed by atoms with Gasteiger partial charge < -0.3 is 15.2 Å². The minimum atomic E-state index is -1.16. The van der Waals surface area contributed by atoms with Gasteiger partial charge in [0.05, 0.1) is 0 Å². The largest absolute Gasteiger partial charge is 0.458 e. The van der Waals surface area contributed by atoms with Crippen molar-refractivity contribution < 1.29 is 19.4 Å². The molecule has 92 valence electrons. The normalized spacial score (nSPS) is 22.8. The zero-order valence-electron chi connectivity index (χ0n) is 9.95. The maximum atomic E-state index is 11.4. The topological polar surface area (TPSA) is 75.6 Å². The fourth-order valence-electron chi connectivity index (χ4n) is 1.59. The Balaban J connectivity index is 2.37. The number of aliphatic hydroxyl groups is 1. The highest BCUT2D eigenvalue weighted by Gasteiger charge is 2.29. The maximum absolute atomic E-state index is 11.4. The first-order valence-corrected chi connectivity index (χ1v) is 5.48. The summed E-state index contributed by atoms with van der Waals surface area (Å²) in [4.78, 5) is 22.4. The zero-order chi connectivity index (χ0) is 12.3. The van der Waals surface area contributed by atoms with Crippen molar-refractivity contribution in [3.8, 4) is 0 Å². The first-order valence-electron chi connectivity index (χ1n) is 5.48. The number of amides is 1. The lowest BCUT2D eigenvalue weighted by Crippen LogP contribution is -2.36. The van der Waals surface area contributed by atoms with Gasteiger partial charge in [0, 0.05) is 18.9 Å². The van der Waals surface area contributed by atoms with Crippen molar-refractivity contribution in [1.29, 1.82) is 0 Å². The van der Waals surface area contributed by atoms with E-state index in [9.17, 15) is 14.7 Å². The molecule has 2 N–H and O–H groups in total. The van der Waals surface area contributed by atoms with E-state index in [0.717, 1.165) is 0 Å². The van der Waals surface area contributed by atoms with E-state index in [2.05, 4.69) is 5.32 Å². The quantitative estimate of drug-likeness (QED) is 0.685. The van der Waals surface area contributed by atoms with Crippen LogP contribution in [0.3, 0.4) is 0 Å². The lowest BCUT2D eigenvalue weighted by Gasteiger charge is -2.22. The summed E-state index contributed by atoms with van der Waals surface area (Å²) in [6, 6.07) is -0.116. The maximum Gasteiger partial charge on any atom is 0.335 e. The van der Waals surface area contributed by atoms with Crippen molar-refractivity contribution in [1.82, 2.24) is 5.32 Å². The average molecular weight is 229 g/mol. The molecule has 16 heavy (non-hydrogen) atoms. The highest BCUT2D eigenvalue weighted by Crippen LogP contribution is 2.15. The first kappa shape index (κ1) is 13.0. The Bertz CT molecular complexity index is 282. The minimum absolute atomic E-state index is 0.0265. The molecule has 0 aromatic carbocycles. The molecule has 1 saturated heterocycles. The summed E-state index contributed by atoms with van der Waals surface area (Å²) in [7, 11) is 0. The fraction of sp³-hybridized carbons (Fsp3) is 0.818. The monoisotopic (exact) mass is 229 g/mol. The Morgan fingerprint density at radius 1 is 1.62 bits per heavy atom. The number of hydrogen-bond acceptors (Lipinski definition) is 4. The molecular weight excluding hydrogens is 210 g/mol. The van der Waals surface area contributed by atoms with Gasteiger partial charge in [0.2, 0.25) is 5.91 Å². The van der Waals surface area contributed by atoms with E-state index in [1.165, 1.54) is 0 Å². The van der Waals surface area contributed by atoms with Crippen LogP contribution in [0, 0.1) is 0 Å². The second-order valence-corrected chi connectivity index (χ2v) is 5.09. The molecule has 0 aromatic heterocycles. The van der Waals surface area contributed by atoms with Crippen molar-refractivity contribution in [3.05, 3.63) is 0 Å². The Morgan fingerprint density at radius 3 is 2.69 bits per heavy atom. The summed E-state index contributed by atoms with van der Waals surface area (Å²) >= 11 is 0. The van der Waals surface area contributed by atoms with Gasteiger partial charge in [0.25, 0.3) is 0 Å². The van der Waals surface area contributed by atoms with E-state index >= 15 is 0 Å². The molecule has 5 nitrogen and oxygen atoms in total. The van der Waals surface area contributed by atoms with Crippen molar-refractivity contribution in [2.45, 2.75) is 57.8 Å². The molecule has 0 saturated carbocycles. The highest BCUT2D eigenvalue weighted by atomic mass is 16.6. The van der Waals surface area contributed by atoms with Crippen LogP contribution in [0.2, 0.25) is 0 Å². The summed E-state index contributed by atoms with van der Waals surface area (Å²) in [6.45, 7) is 5.24. The van der Waals surface area contributed by atoms with E-state index < -0.39 is 17.7 Å². The number of ether oxygens (including phenoxy) is 1. The van der Waals surface area contributed by atoms with Crippen LogP contribution >= 0.6 is 0 Å². The van der Waals surface area contributed by atoms with E-state index in [0.29, 0.717) is 12.8 Å². The second-order valence-electron chi connectivity index (χ2n) is 5.09. The molecule has 0 aliphatic carbocycles. The molecule has 1 heterocycles. The van der Waals surface area contributed by atoms with E-state index in [4.69, 9.17) is 4.74 Å². The van der Waals surface area contributed by atoms with Crippen molar-refractivity contribution in [2.24, 2.45) is 0 Å². The minimum Gasteiger partial charge on any atom is -0.458 e. The van der Waals surface area contributed by atoms with E-state index in [1.807, 2.05) is 0 Å². The molecule has 1 amide bonds. The molecule has 0 aromatic rings. The number of carbonyl (C=O) groups is 2. The number of hydrogen-bond donors (Lipinski definition) is 2. The van der Waals surface area contributed by atoms with Gasteiger partial charge in [-0.3, -0.25) is 4.79 Å². The third-order valence-electron chi connectivity index (χ3n) is 2.27. The van der Waals surface area contributed by atoms with Gasteiger partial charge >= 0.3 is 5.97 Å². The number of esters is 1. The summed E-state index contributed by atoms with van der Waals surface area (Å²) in [5, 5.41) is 12.3. The first-order chi connectivity index (χ1) is 7.28. The number of nitrogens with one attached hydrogen (secondary N) is 1. The smallest absolute Gasteiger partial charge is 0.335 e.